The number of carbonyl (C=O) groups excluding carboxylic acids is 1. The van der Waals surface area contributed by atoms with Crippen LogP contribution in [0.25, 0.3) is 27.7 Å². The van der Waals surface area contributed by atoms with Gasteiger partial charge in [0.15, 0.2) is 17.1 Å². The van der Waals surface area contributed by atoms with Gasteiger partial charge in [0.2, 0.25) is 0 Å². The van der Waals surface area contributed by atoms with Crippen molar-refractivity contribution in [3.8, 4) is 22.6 Å². The van der Waals surface area contributed by atoms with Crippen LogP contribution in [0.1, 0.15) is 16.1 Å². The molecule has 0 saturated heterocycles. The average molecular weight is 471 g/mol. The van der Waals surface area contributed by atoms with Crippen LogP contribution in [-0.4, -0.2) is 38.4 Å². The molecule has 0 bridgehead atoms. The van der Waals surface area contributed by atoms with Crippen LogP contribution in [0.2, 0.25) is 0 Å². The first-order valence-corrected chi connectivity index (χ1v) is 10.9. The largest absolute Gasteiger partial charge is 0.486 e. The summed E-state index contributed by atoms with van der Waals surface area (Å²) in [7, 11) is 0. The number of fused-ring (bicyclic) bond motifs is 4. The molecule has 174 valence electrons. The van der Waals surface area contributed by atoms with Crippen LogP contribution < -0.4 is 20.5 Å². The van der Waals surface area contributed by atoms with E-state index in [1.807, 2.05) is 6.92 Å². The molecular formula is C25H18FN5O4. The highest BCUT2D eigenvalue weighted by atomic mass is 19.1. The summed E-state index contributed by atoms with van der Waals surface area (Å²) < 4.78 is 27.1. The standard InChI is InChI=1S/C25H18FN5O4/c1-14-22(15-2-5-17(26)6-3-15)23-27-13-18-19(31(23)28-14)8-9-30(25(18)33)29-24(32)16-4-7-20-21(12-16)35-11-10-34-20/h2-9,12-13H,10-11H2,1H3,(H,29,32). The van der Waals surface area contributed by atoms with Crippen molar-refractivity contribution in [2.75, 3.05) is 18.6 Å². The van der Waals surface area contributed by atoms with Crippen LogP contribution in [0.3, 0.4) is 0 Å². The Kier molecular flexibility index (Phi) is 4.73. The van der Waals surface area contributed by atoms with Crippen molar-refractivity contribution in [1.29, 1.82) is 0 Å². The van der Waals surface area contributed by atoms with Gasteiger partial charge in [0.05, 0.1) is 16.6 Å². The second-order valence-electron chi connectivity index (χ2n) is 8.05. The maximum absolute atomic E-state index is 13.4. The van der Waals surface area contributed by atoms with Crippen LogP contribution in [0.5, 0.6) is 11.5 Å². The highest BCUT2D eigenvalue weighted by molar-refractivity contribution is 6.00. The first-order valence-electron chi connectivity index (χ1n) is 10.9. The van der Waals surface area contributed by atoms with E-state index in [9.17, 15) is 14.0 Å². The number of amides is 1. The Bertz CT molecular complexity index is 1690. The molecule has 0 spiro atoms. The zero-order chi connectivity index (χ0) is 24.1. The molecule has 6 rings (SSSR count). The molecule has 1 aliphatic rings. The van der Waals surface area contributed by atoms with Gasteiger partial charge in [-0.05, 0) is 48.9 Å². The summed E-state index contributed by atoms with van der Waals surface area (Å²) in [5, 5.41) is 4.83. The lowest BCUT2D eigenvalue weighted by Crippen LogP contribution is -2.33. The molecule has 0 radical (unpaired) electrons. The van der Waals surface area contributed by atoms with E-state index in [4.69, 9.17) is 9.47 Å². The molecule has 4 heterocycles. The Morgan fingerprint density at radius 1 is 1.06 bits per heavy atom. The van der Waals surface area contributed by atoms with Crippen LogP contribution in [0, 0.1) is 12.7 Å². The SMILES string of the molecule is Cc1nn2c(ncc3c(=O)n(NC(=O)c4ccc5c(c4)OCCO5)ccc32)c1-c1ccc(F)cc1. The van der Waals surface area contributed by atoms with Gasteiger partial charge < -0.3 is 9.47 Å². The molecule has 1 amide bonds. The smallest absolute Gasteiger partial charge is 0.280 e. The molecule has 10 heteroatoms. The van der Waals surface area contributed by atoms with E-state index in [2.05, 4.69) is 15.5 Å². The molecule has 5 aromatic rings. The first kappa shape index (κ1) is 20.8. The summed E-state index contributed by atoms with van der Waals surface area (Å²) in [6.45, 7) is 2.68. The lowest BCUT2D eigenvalue weighted by Gasteiger charge is -2.18. The average Bonchev–Trinajstić information content (AvgIpc) is 3.22. The van der Waals surface area contributed by atoms with Crippen LogP contribution in [0.15, 0.2) is 65.7 Å². The van der Waals surface area contributed by atoms with E-state index in [0.29, 0.717) is 47.1 Å². The van der Waals surface area contributed by atoms with Crippen LogP contribution >= 0.6 is 0 Å². The summed E-state index contributed by atoms with van der Waals surface area (Å²) in [5.74, 6) is 0.235. The number of nitrogens with one attached hydrogen (secondary N) is 1. The maximum atomic E-state index is 13.4. The zero-order valence-corrected chi connectivity index (χ0v) is 18.5. The molecule has 0 saturated carbocycles. The number of aromatic nitrogens is 4. The van der Waals surface area contributed by atoms with Gasteiger partial charge in [-0.25, -0.2) is 18.6 Å². The van der Waals surface area contributed by atoms with Crippen molar-refractivity contribution in [2.24, 2.45) is 0 Å². The van der Waals surface area contributed by atoms with Crippen LogP contribution in [0.4, 0.5) is 4.39 Å². The molecular weight excluding hydrogens is 453 g/mol. The van der Waals surface area contributed by atoms with Gasteiger partial charge in [-0.2, -0.15) is 5.10 Å². The van der Waals surface area contributed by atoms with Gasteiger partial charge in [-0.15, -0.1) is 0 Å². The molecule has 0 fully saturated rings. The third-order valence-electron chi connectivity index (χ3n) is 5.85. The van der Waals surface area contributed by atoms with Gasteiger partial charge in [-0.1, -0.05) is 12.1 Å². The minimum Gasteiger partial charge on any atom is -0.486 e. The van der Waals surface area contributed by atoms with Crippen molar-refractivity contribution >= 4 is 22.5 Å². The Hall–Kier alpha value is -4.73. The van der Waals surface area contributed by atoms with E-state index in [1.165, 1.54) is 24.5 Å². The quantitative estimate of drug-likeness (QED) is 0.434. The number of aryl methyl sites for hydroxylation is 1. The lowest BCUT2D eigenvalue weighted by molar-refractivity contribution is 0.101. The topological polar surface area (TPSA) is 99.8 Å². The molecule has 0 atom stereocenters. The zero-order valence-electron chi connectivity index (χ0n) is 18.5. The number of hydrogen-bond donors (Lipinski definition) is 1. The summed E-state index contributed by atoms with van der Waals surface area (Å²) in [6, 6.07) is 12.6. The number of carbonyl (C=O) groups is 1. The monoisotopic (exact) mass is 471 g/mol. The Balaban J connectivity index is 1.38. The van der Waals surface area contributed by atoms with Gasteiger partial charge in [0.25, 0.3) is 11.5 Å². The van der Waals surface area contributed by atoms with Gasteiger partial charge in [0.1, 0.15) is 19.0 Å². The van der Waals surface area contributed by atoms with E-state index >= 15 is 0 Å². The maximum Gasteiger partial charge on any atom is 0.280 e. The molecule has 2 aromatic carbocycles. The molecule has 3 aromatic heterocycles. The van der Waals surface area contributed by atoms with Gasteiger partial charge >= 0.3 is 0 Å². The van der Waals surface area contributed by atoms with Crippen molar-refractivity contribution in [3.05, 3.63) is 88.4 Å². The Morgan fingerprint density at radius 3 is 2.63 bits per heavy atom. The van der Waals surface area contributed by atoms with E-state index in [0.717, 1.165) is 15.8 Å². The Morgan fingerprint density at radius 2 is 1.83 bits per heavy atom. The fraction of sp³-hybridized carbons (Fsp3) is 0.120. The fourth-order valence-electron chi connectivity index (χ4n) is 4.18. The summed E-state index contributed by atoms with van der Waals surface area (Å²) in [5.41, 5.74) is 5.74. The van der Waals surface area contributed by atoms with Crippen molar-refractivity contribution < 1.29 is 18.7 Å². The van der Waals surface area contributed by atoms with Crippen molar-refractivity contribution in [2.45, 2.75) is 6.92 Å². The number of rotatable bonds is 3. The van der Waals surface area contributed by atoms with E-state index in [-0.39, 0.29) is 11.2 Å². The highest BCUT2D eigenvalue weighted by Crippen LogP contribution is 2.31. The molecule has 9 nitrogen and oxygen atoms in total. The third kappa shape index (κ3) is 3.46. The minimum atomic E-state index is -0.481. The number of nitrogens with zero attached hydrogens (tertiary/aromatic N) is 4. The number of benzene rings is 2. The number of hydrogen-bond acceptors (Lipinski definition) is 6. The predicted molar refractivity (Wildman–Crippen MR) is 126 cm³/mol. The molecule has 1 aliphatic heterocycles. The first-order chi connectivity index (χ1) is 17.0. The Labute approximate surface area is 197 Å². The lowest BCUT2D eigenvalue weighted by atomic mass is 10.1. The van der Waals surface area contributed by atoms with Gasteiger partial charge in [0, 0.05) is 23.5 Å². The third-order valence-corrected chi connectivity index (χ3v) is 5.85. The predicted octanol–water partition coefficient (Wildman–Crippen LogP) is 3.31. The number of ether oxygens (including phenoxy) is 2. The molecule has 1 N–H and O–H groups in total. The second-order valence-corrected chi connectivity index (χ2v) is 8.05. The minimum absolute atomic E-state index is 0.274. The van der Waals surface area contributed by atoms with E-state index < -0.39 is 11.5 Å². The molecule has 35 heavy (non-hydrogen) atoms. The molecule has 0 aliphatic carbocycles. The van der Waals surface area contributed by atoms with Crippen molar-refractivity contribution in [3.63, 3.8) is 0 Å². The highest BCUT2D eigenvalue weighted by Gasteiger charge is 2.18. The van der Waals surface area contributed by atoms with Crippen molar-refractivity contribution in [1.82, 2.24) is 19.3 Å². The van der Waals surface area contributed by atoms with Gasteiger partial charge in [-0.3, -0.25) is 15.0 Å². The second kappa shape index (κ2) is 7.94. The summed E-state index contributed by atoms with van der Waals surface area (Å²) in [6.07, 6.45) is 2.92. The summed E-state index contributed by atoms with van der Waals surface area (Å²) in [4.78, 5) is 30.4. The summed E-state index contributed by atoms with van der Waals surface area (Å²) >= 11 is 0. The normalized spacial score (nSPS) is 12.7. The number of pyridine rings is 1. The van der Waals surface area contributed by atoms with E-state index in [1.54, 1.807) is 40.9 Å². The van der Waals surface area contributed by atoms with Crippen LogP contribution in [-0.2, 0) is 0 Å². The number of halogens is 1. The molecule has 0 unspecified atom stereocenters. The fourth-order valence-corrected chi connectivity index (χ4v) is 4.18.